The maximum absolute atomic E-state index is 12.6. The Morgan fingerprint density at radius 1 is 1.35 bits per heavy atom. The van der Waals surface area contributed by atoms with Crippen LogP contribution in [0.15, 0.2) is 24.3 Å². The summed E-state index contributed by atoms with van der Waals surface area (Å²) in [7, 11) is 0. The van der Waals surface area contributed by atoms with E-state index in [0.29, 0.717) is 12.0 Å². The minimum Gasteiger partial charge on any atom is -0.396 e. The lowest BCUT2D eigenvalue weighted by molar-refractivity contribution is 0.0652. The average molecular weight is 276 g/mol. The Hall–Kier alpha value is -1.55. The second-order valence-corrected chi connectivity index (χ2v) is 5.76. The molecule has 110 valence electrons. The second kappa shape index (κ2) is 6.75. The molecule has 0 unspecified atom stereocenters. The van der Waals surface area contributed by atoms with E-state index in [2.05, 4.69) is 19.2 Å². The maximum Gasteiger partial charge on any atom is 0.255 e. The number of piperidine rings is 1. The van der Waals surface area contributed by atoms with Crippen molar-refractivity contribution in [3.05, 3.63) is 29.8 Å². The molecule has 1 aliphatic heterocycles. The fraction of sp³-hybridized carbons (Fsp3) is 0.562. The van der Waals surface area contributed by atoms with Crippen molar-refractivity contribution in [1.82, 2.24) is 4.90 Å². The molecule has 0 spiro atoms. The summed E-state index contributed by atoms with van der Waals surface area (Å²) in [4.78, 5) is 14.5. The third-order valence-corrected chi connectivity index (χ3v) is 3.76. The van der Waals surface area contributed by atoms with Gasteiger partial charge in [0.1, 0.15) is 0 Å². The summed E-state index contributed by atoms with van der Waals surface area (Å²) in [6.45, 7) is 5.83. The van der Waals surface area contributed by atoms with Crippen LogP contribution in [0.5, 0.6) is 0 Å². The van der Waals surface area contributed by atoms with Crippen LogP contribution in [0, 0.1) is 5.92 Å². The van der Waals surface area contributed by atoms with E-state index < -0.39 is 0 Å². The third kappa shape index (κ3) is 3.51. The molecule has 1 saturated heterocycles. The van der Waals surface area contributed by atoms with Crippen LogP contribution < -0.4 is 5.32 Å². The minimum absolute atomic E-state index is 0.0881. The van der Waals surface area contributed by atoms with E-state index in [1.54, 1.807) is 0 Å². The number of nitrogens with one attached hydrogen (secondary N) is 1. The molecule has 0 saturated carbocycles. The quantitative estimate of drug-likeness (QED) is 0.887. The molecular weight excluding hydrogens is 252 g/mol. The number of amides is 1. The molecule has 1 aromatic rings. The van der Waals surface area contributed by atoms with Crippen molar-refractivity contribution in [2.24, 2.45) is 5.92 Å². The van der Waals surface area contributed by atoms with E-state index in [1.807, 2.05) is 29.2 Å². The van der Waals surface area contributed by atoms with Gasteiger partial charge >= 0.3 is 0 Å². The van der Waals surface area contributed by atoms with Crippen molar-refractivity contribution in [2.75, 3.05) is 25.0 Å². The van der Waals surface area contributed by atoms with Crippen LogP contribution in [0.25, 0.3) is 0 Å². The summed E-state index contributed by atoms with van der Waals surface area (Å²) in [5.41, 5.74) is 1.64. The van der Waals surface area contributed by atoms with Gasteiger partial charge in [-0.3, -0.25) is 4.79 Å². The first-order chi connectivity index (χ1) is 9.61. The zero-order valence-electron chi connectivity index (χ0n) is 12.3. The molecule has 1 fully saturated rings. The number of anilines is 1. The van der Waals surface area contributed by atoms with E-state index in [9.17, 15) is 4.79 Å². The fourth-order valence-electron chi connectivity index (χ4n) is 2.60. The van der Waals surface area contributed by atoms with Gasteiger partial charge in [0.05, 0.1) is 5.56 Å². The number of benzene rings is 1. The van der Waals surface area contributed by atoms with Crippen LogP contribution in [0.1, 0.15) is 37.0 Å². The monoisotopic (exact) mass is 276 g/mol. The van der Waals surface area contributed by atoms with Crippen molar-refractivity contribution in [3.8, 4) is 0 Å². The lowest BCUT2D eigenvalue weighted by atomic mass is 9.97. The molecule has 1 heterocycles. The highest BCUT2D eigenvalue weighted by Crippen LogP contribution is 2.22. The lowest BCUT2D eigenvalue weighted by Gasteiger charge is -2.31. The summed E-state index contributed by atoms with van der Waals surface area (Å²) < 4.78 is 0. The van der Waals surface area contributed by atoms with Crippen molar-refractivity contribution in [2.45, 2.75) is 32.7 Å². The normalized spacial score (nSPS) is 16.5. The van der Waals surface area contributed by atoms with Crippen LogP contribution >= 0.6 is 0 Å². The highest BCUT2D eigenvalue weighted by atomic mass is 16.3. The van der Waals surface area contributed by atoms with Gasteiger partial charge in [0.2, 0.25) is 0 Å². The molecule has 1 amide bonds. The summed E-state index contributed by atoms with van der Waals surface area (Å²) in [5, 5.41) is 12.5. The first kappa shape index (κ1) is 14.9. The van der Waals surface area contributed by atoms with Gasteiger partial charge in [-0.1, -0.05) is 12.1 Å². The number of carbonyl (C=O) groups is 1. The molecule has 0 radical (unpaired) electrons. The van der Waals surface area contributed by atoms with Crippen molar-refractivity contribution >= 4 is 11.6 Å². The topological polar surface area (TPSA) is 52.6 Å². The highest BCUT2D eigenvalue weighted by Gasteiger charge is 2.24. The van der Waals surface area contributed by atoms with E-state index in [1.165, 1.54) is 0 Å². The first-order valence-electron chi connectivity index (χ1n) is 7.37. The van der Waals surface area contributed by atoms with Crippen LogP contribution in [0.3, 0.4) is 0 Å². The number of para-hydroxylation sites is 1. The van der Waals surface area contributed by atoms with Crippen molar-refractivity contribution in [1.29, 1.82) is 0 Å². The molecule has 4 heteroatoms. The number of aliphatic hydroxyl groups excluding tert-OH is 1. The molecular formula is C16H24N2O2. The summed E-state index contributed by atoms with van der Waals surface area (Å²) >= 11 is 0. The molecule has 2 rings (SSSR count). The summed E-state index contributed by atoms with van der Waals surface area (Å²) in [5.74, 6) is 0.438. The van der Waals surface area contributed by atoms with Gasteiger partial charge in [-0.25, -0.2) is 0 Å². The summed E-state index contributed by atoms with van der Waals surface area (Å²) in [6.07, 6.45) is 1.78. The van der Waals surface area contributed by atoms with E-state index >= 15 is 0 Å². The predicted molar refractivity (Wildman–Crippen MR) is 80.9 cm³/mol. The molecule has 1 aromatic carbocycles. The van der Waals surface area contributed by atoms with Crippen molar-refractivity contribution < 1.29 is 9.90 Å². The van der Waals surface area contributed by atoms with Gasteiger partial charge in [-0.15, -0.1) is 0 Å². The Bertz CT molecular complexity index is 452. The van der Waals surface area contributed by atoms with Gasteiger partial charge in [0.25, 0.3) is 5.91 Å². The standard InChI is InChI=1S/C16H24N2O2/c1-12(2)17-15-6-4-3-5-14(15)16(20)18-9-7-13(11-19)8-10-18/h3-6,12-13,17,19H,7-11H2,1-2H3. The van der Waals surface area contributed by atoms with Crippen LogP contribution in [0.4, 0.5) is 5.69 Å². The van der Waals surface area contributed by atoms with Gasteiger partial charge in [0, 0.05) is 31.4 Å². The van der Waals surface area contributed by atoms with Gasteiger partial charge in [-0.2, -0.15) is 0 Å². The van der Waals surface area contributed by atoms with Crippen LogP contribution in [-0.2, 0) is 0 Å². The van der Waals surface area contributed by atoms with Gasteiger partial charge < -0.3 is 15.3 Å². The Balaban J connectivity index is 2.09. The van der Waals surface area contributed by atoms with Crippen molar-refractivity contribution in [3.63, 3.8) is 0 Å². The number of rotatable bonds is 4. The van der Waals surface area contributed by atoms with Gasteiger partial charge in [-0.05, 0) is 44.7 Å². The molecule has 0 aromatic heterocycles. The number of hydrogen-bond acceptors (Lipinski definition) is 3. The minimum atomic E-state index is 0.0881. The number of aliphatic hydroxyl groups is 1. The summed E-state index contributed by atoms with van der Waals surface area (Å²) in [6, 6.07) is 7.97. The first-order valence-corrected chi connectivity index (χ1v) is 7.37. The lowest BCUT2D eigenvalue weighted by Crippen LogP contribution is -2.39. The Morgan fingerprint density at radius 2 is 2.00 bits per heavy atom. The highest BCUT2D eigenvalue weighted by molar-refractivity contribution is 5.99. The Labute approximate surface area is 120 Å². The molecule has 1 aliphatic rings. The number of likely N-dealkylation sites (tertiary alicyclic amines) is 1. The number of hydrogen-bond donors (Lipinski definition) is 2. The second-order valence-electron chi connectivity index (χ2n) is 5.76. The Kier molecular flexibility index (Phi) is 5.01. The van der Waals surface area contributed by atoms with E-state index in [0.717, 1.165) is 37.2 Å². The Morgan fingerprint density at radius 3 is 2.60 bits per heavy atom. The van der Waals surface area contributed by atoms with Crippen LogP contribution in [0.2, 0.25) is 0 Å². The third-order valence-electron chi connectivity index (χ3n) is 3.76. The predicted octanol–water partition coefficient (Wildman–Crippen LogP) is 2.35. The number of nitrogens with zero attached hydrogens (tertiary/aromatic N) is 1. The maximum atomic E-state index is 12.6. The molecule has 0 atom stereocenters. The smallest absolute Gasteiger partial charge is 0.255 e. The number of carbonyl (C=O) groups excluding carboxylic acids is 1. The van der Waals surface area contributed by atoms with Gasteiger partial charge in [0.15, 0.2) is 0 Å². The van der Waals surface area contributed by atoms with E-state index in [4.69, 9.17) is 5.11 Å². The molecule has 2 N–H and O–H groups in total. The molecule has 4 nitrogen and oxygen atoms in total. The molecule has 20 heavy (non-hydrogen) atoms. The zero-order chi connectivity index (χ0) is 14.5. The van der Waals surface area contributed by atoms with Crippen LogP contribution in [-0.4, -0.2) is 41.7 Å². The largest absolute Gasteiger partial charge is 0.396 e. The zero-order valence-corrected chi connectivity index (χ0v) is 12.3. The SMILES string of the molecule is CC(C)Nc1ccccc1C(=O)N1CCC(CO)CC1. The average Bonchev–Trinajstić information content (AvgIpc) is 2.46. The van der Waals surface area contributed by atoms with E-state index in [-0.39, 0.29) is 12.5 Å². The molecule has 0 aliphatic carbocycles. The fourth-order valence-corrected chi connectivity index (χ4v) is 2.60. The molecule has 0 bridgehead atoms.